The maximum Gasteiger partial charge on any atom is 0.337 e. The van der Waals surface area contributed by atoms with Gasteiger partial charge in [0.15, 0.2) is 0 Å². The second-order valence-electron chi connectivity index (χ2n) is 5.12. The summed E-state index contributed by atoms with van der Waals surface area (Å²) in [5.41, 5.74) is -0.246. The Morgan fingerprint density at radius 2 is 2.08 bits per heavy atom. The van der Waals surface area contributed by atoms with E-state index in [0.29, 0.717) is 0 Å². The van der Waals surface area contributed by atoms with Crippen LogP contribution in [0.5, 0.6) is 11.5 Å². The van der Waals surface area contributed by atoms with Crippen LogP contribution in [0.4, 0.5) is 10.5 Å². The lowest BCUT2D eigenvalue weighted by Gasteiger charge is -2.28. The number of rotatable bonds is 5. The summed E-state index contributed by atoms with van der Waals surface area (Å²) in [6, 6.07) is 0.657. The molecule has 25 heavy (non-hydrogen) atoms. The summed E-state index contributed by atoms with van der Waals surface area (Å²) >= 11 is 0. The van der Waals surface area contributed by atoms with Gasteiger partial charge in [-0.2, -0.15) is 0 Å². The van der Waals surface area contributed by atoms with Gasteiger partial charge in [0.1, 0.15) is 5.75 Å². The molecule has 0 saturated carbocycles. The van der Waals surface area contributed by atoms with E-state index in [1.807, 2.05) is 0 Å². The normalized spacial score (nSPS) is 16.8. The smallest absolute Gasteiger partial charge is 0.337 e. The monoisotopic (exact) mass is 350 g/mol. The number of hydrogen-bond donors (Lipinski definition) is 2. The van der Waals surface area contributed by atoms with Crippen molar-refractivity contribution >= 4 is 17.7 Å². The predicted molar refractivity (Wildman–Crippen MR) is 82.8 cm³/mol. The molecule has 1 aliphatic rings. The van der Waals surface area contributed by atoms with Gasteiger partial charge in [0.25, 0.3) is 5.69 Å². The molecule has 0 bridgehead atoms. The van der Waals surface area contributed by atoms with Crippen LogP contribution >= 0.6 is 0 Å². The van der Waals surface area contributed by atoms with Gasteiger partial charge in [-0.3, -0.25) is 10.1 Å². The molecular formula is C15H16N3O7-. The number of carbonyl (C=O) groups excluding carboxylic acids is 2. The van der Waals surface area contributed by atoms with Crippen molar-refractivity contribution in [1.29, 1.82) is 0 Å². The minimum atomic E-state index is -1.03. The average Bonchev–Trinajstić information content (AvgIpc) is 2.55. The number of methoxy groups -OCH3 is 1. The van der Waals surface area contributed by atoms with E-state index in [-0.39, 0.29) is 29.2 Å². The Kier molecular flexibility index (Phi) is 5.11. The number of carbonyl (C=O) groups is 2. The zero-order valence-electron chi connectivity index (χ0n) is 13.7. The first-order chi connectivity index (χ1) is 11.8. The molecule has 0 aromatic heterocycles. The third kappa shape index (κ3) is 3.47. The first-order valence-corrected chi connectivity index (χ1v) is 7.28. The molecule has 1 aromatic rings. The predicted octanol–water partition coefficient (Wildman–Crippen LogP) is 0.868. The number of hydrogen-bond acceptors (Lipinski definition) is 7. The van der Waals surface area contributed by atoms with Gasteiger partial charge in [0, 0.05) is 17.5 Å². The van der Waals surface area contributed by atoms with Crippen molar-refractivity contribution < 1.29 is 29.1 Å². The zero-order chi connectivity index (χ0) is 18.7. The molecule has 0 saturated heterocycles. The van der Waals surface area contributed by atoms with E-state index >= 15 is 0 Å². The van der Waals surface area contributed by atoms with Gasteiger partial charge >= 0.3 is 12.0 Å². The molecule has 10 heteroatoms. The lowest BCUT2D eigenvalue weighted by atomic mass is 9.94. The molecule has 10 nitrogen and oxygen atoms in total. The molecule has 2 rings (SSSR count). The highest BCUT2D eigenvalue weighted by Crippen LogP contribution is 2.39. The Hall–Kier alpha value is -3.30. The Bertz CT molecular complexity index is 773. The Morgan fingerprint density at radius 1 is 1.40 bits per heavy atom. The molecule has 0 fully saturated rings. The summed E-state index contributed by atoms with van der Waals surface area (Å²) in [7, 11) is 1.17. The lowest BCUT2D eigenvalue weighted by Crippen LogP contribution is -2.45. The molecule has 0 spiro atoms. The van der Waals surface area contributed by atoms with Crippen LogP contribution in [0, 0.1) is 10.1 Å². The van der Waals surface area contributed by atoms with Crippen molar-refractivity contribution in [3.05, 3.63) is 39.1 Å². The largest absolute Gasteiger partial charge is 0.865 e. The highest BCUT2D eigenvalue weighted by atomic mass is 16.6. The van der Waals surface area contributed by atoms with E-state index in [1.165, 1.54) is 20.1 Å². The topological polar surface area (TPSA) is 143 Å². The summed E-state index contributed by atoms with van der Waals surface area (Å²) in [6.45, 7) is 3.24. The molecule has 1 heterocycles. The van der Waals surface area contributed by atoms with Crippen LogP contribution in [-0.2, 0) is 9.53 Å². The minimum Gasteiger partial charge on any atom is -0.865 e. The summed E-state index contributed by atoms with van der Waals surface area (Å²) in [6.07, 6.45) is 0. The number of ether oxygens (including phenoxy) is 2. The van der Waals surface area contributed by atoms with E-state index in [4.69, 9.17) is 9.47 Å². The van der Waals surface area contributed by atoms with Crippen molar-refractivity contribution in [1.82, 2.24) is 10.6 Å². The standard InChI is InChI=1S/C15H17N3O7/c1-4-25-10-6-8(5-9(13(10)19)18(22)23)12-11(14(20)24-3)7(2)16-15(21)17-12/h5-6,12,19H,4H2,1-3H3,(H2,16,17,21)/p-1/t12-/m0/s1. The van der Waals surface area contributed by atoms with E-state index in [2.05, 4.69) is 10.6 Å². The molecule has 1 aromatic carbocycles. The van der Waals surface area contributed by atoms with Gasteiger partial charge < -0.3 is 25.2 Å². The van der Waals surface area contributed by atoms with E-state index in [1.54, 1.807) is 6.92 Å². The second-order valence-corrected chi connectivity index (χ2v) is 5.12. The average molecular weight is 350 g/mol. The first-order valence-electron chi connectivity index (χ1n) is 7.28. The van der Waals surface area contributed by atoms with Crippen LogP contribution in [0.15, 0.2) is 23.4 Å². The molecule has 0 unspecified atom stereocenters. The number of nitro benzene ring substituents is 1. The number of esters is 1. The fourth-order valence-corrected chi connectivity index (χ4v) is 2.50. The van der Waals surface area contributed by atoms with Crippen molar-refractivity contribution in [2.24, 2.45) is 0 Å². The first kappa shape index (κ1) is 18.0. The highest BCUT2D eigenvalue weighted by molar-refractivity contribution is 5.95. The van der Waals surface area contributed by atoms with E-state index < -0.39 is 34.4 Å². The van der Waals surface area contributed by atoms with Gasteiger partial charge in [-0.15, -0.1) is 0 Å². The number of nitrogens with one attached hydrogen (secondary N) is 2. The highest BCUT2D eigenvalue weighted by Gasteiger charge is 2.33. The number of benzene rings is 1. The molecule has 1 aliphatic heterocycles. The molecular weight excluding hydrogens is 334 g/mol. The zero-order valence-corrected chi connectivity index (χ0v) is 13.7. The van der Waals surface area contributed by atoms with E-state index in [0.717, 1.165) is 6.07 Å². The van der Waals surface area contributed by atoms with Crippen LogP contribution in [0.25, 0.3) is 0 Å². The van der Waals surface area contributed by atoms with Gasteiger partial charge in [-0.25, -0.2) is 9.59 Å². The van der Waals surface area contributed by atoms with Gasteiger partial charge in [-0.05, 0) is 25.5 Å². The molecule has 0 aliphatic carbocycles. The third-order valence-electron chi connectivity index (χ3n) is 3.56. The van der Waals surface area contributed by atoms with Crippen LogP contribution in [0.2, 0.25) is 0 Å². The van der Waals surface area contributed by atoms with Crippen LogP contribution in [-0.4, -0.2) is 30.6 Å². The third-order valence-corrected chi connectivity index (χ3v) is 3.56. The summed E-state index contributed by atoms with van der Waals surface area (Å²) in [5, 5.41) is 28.2. The van der Waals surface area contributed by atoms with Crippen molar-refractivity contribution in [2.45, 2.75) is 19.9 Å². The molecule has 0 radical (unpaired) electrons. The summed E-state index contributed by atoms with van der Waals surface area (Å²) in [4.78, 5) is 34.2. The van der Waals surface area contributed by atoms with Gasteiger partial charge in [-0.1, -0.05) is 0 Å². The number of nitro groups is 1. The Labute approximate surface area is 142 Å². The quantitative estimate of drug-likeness (QED) is 0.455. The van der Waals surface area contributed by atoms with Crippen molar-refractivity contribution in [2.75, 3.05) is 13.7 Å². The fraction of sp³-hybridized carbons (Fsp3) is 0.333. The molecule has 2 N–H and O–H groups in total. The van der Waals surface area contributed by atoms with Crippen molar-refractivity contribution in [3.8, 4) is 11.5 Å². The maximum absolute atomic E-state index is 12.1. The minimum absolute atomic E-state index is 0.0671. The van der Waals surface area contributed by atoms with Crippen LogP contribution in [0.3, 0.4) is 0 Å². The SMILES string of the molecule is CCOc1cc([C@@H]2NC(=O)NC(C)=C2C(=O)OC)cc([N+](=O)[O-])c1[O-]. The number of amides is 2. The van der Waals surface area contributed by atoms with Gasteiger partial charge in [0.2, 0.25) is 0 Å². The van der Waals surface area contributed by atoms with Crippen LogP contribution in [0.1, 0.15) is 25.5 Å². The number of urea groups is 1. The fourth-order valence-electron chi connectivity index (χ4n) is 2.50. The molecule has 2 amide bonds. The van der Waals surface area contributed by atoms with Crippen LogP contribution < -0.4 is 20.5 Å². The summed E-state index contributed by atoms with van der Waals surface area (Å²) < 4.78 is 9.87. The molecule has 134 valence electrons. The Balaban J connectivity index is 2.65. The number of nitrogens with zero attached hydrogens (tertiary/aromatic N) is 1. The van der Waals surface area contributed by atoms with Gasteiger partial charge in [0.05, 0.1) is 30.3 Å². The van der Waals surface area contributed by atoms with E-state index in [9.17, 15) is 24.8 Å². The second kappa shape index (κ2) is 7.07. The lowest BCUT2D eigenvalue weighted by molar-refractivity contribution is -0.398. The molecule has 1 atom stereocenters. The summed E-state index contributed by atoms with van der Waals surface area (Å²) in [5.74, 6) is -1.83. The van der Waals surface area contributed by atoms with Crippen molar-refractivity contribution in [3.63, 3.8) is 0 Å². The maximum atomic E-state index is 12.1. The Morgan fingerprint density at radius 3 is 2.64 bits per heavy atom. The number of allylic oxidation sites excluding steroid dienone is 1.